The minimum Gasteiger partial charge on any atom is -0.475 e. The Morgan fingerprint density at radius 1 is 1.26 bits per heavy atom. The van der Waals surface area contributed by atoms with E-state index in [0.29, 0.717) is 25.3 Å². The molecule has 0 spiro atoms. The minimum atomic E-state index is -0.229. The van der Waals surface area contributed by atoms with Gasteiger partial charge in [0.2, 0.25) is 0 Å². The Kier molecular flexibility index (Phi) is 10.0. The van der Waals surface area contributed by atoms with Gasteiger partial charge in [0.25, 0.3) is 0 Å². The van der Waals surface area contributed by atoms with Gasteiger partial charge in [0.05, 0.1) is 0 Å². The van der Waals surface area contributed by atoms with Crippen LogP contribution < -0.4 is 0 Å². The van der Waals surface area contributed by atoms with E-state index in [1.165, 1.54) is 0 Å². The summed E-state index contributed by atoms with van der Waals surface area (Å²) >= 11 is 0. The van der Waals surface area contributed by atoms with Crippen LogP contribution in [0.25, 0.3) is 0 Å². The Balaban J connectivity index is 5.03. The van der Waals surface area contributed by atoms with Crippen molar-refractivity contribution in [1.29, 1.82) is 0 Å². The number of ether oxygens (including phenoxy) is 1. The molecule has 3 heteroatoms. The summed E-state index contributed by atoms with van der Waals surface area (Å²) in [6.07, 6.45) is 10.5. The Labute approximate surface area is 142 Å². The normalized spacial score (nSPS) is 12.3. The number of carbonyl (C=O) groups excluding carboxylic acids is 1. The molecular formula is C20H33NO2. The fourth-order valence-corrected chi connectivity index (χ4v) is 2.63. The van der Waals surface area contributed by atoms with Gasteiger partial charge in [-0.15, -0.1) is 0 Å². The maximum atomic E-state index is 12.0. The second-order valence-electron chi connectivity index (χ2n) is 5.72. The van der Waals surface area contributed by atoms with Gasteiger partial charge in [0, 0.05) is 25.4 Å². The van der Waals surface area contributed by atoms with E-state index in [2.05, 4.69) is 27.0 Å². The predicted octanol–water partition coefficient (Wildman–Crippen LogP) is 5.02. The van der Waals surface area contributed by atoms with Crippen molar-refractivity contribution in [2.45, 2.75) is 58.9 Å². The summed E-state index contributed by atoms with van der Waals surface area (Å²) in [6.45, 7) is 16.3. The van der Waals surface area contributed by atoms with E-state index < -0.39 is 0 Å². The molecule has 0 fully saturated rings. The molecule has 0 aromatic rings. The fourth-order valence-electron chi connectivity index (χ4n) is 2.63. The van der Waals surface area contributed by atoms with Gasteiger partial charge in [0.1, 0.15) is 12.4 Å². The van der Waals surface area contributed by atoms with Crippen LogP contribution in [-0.2, 0) is 9.53 Å². The zero-order chi connectivity index (χ0) is 17.9. The first-order chi connectivity index (χ1) is 10.9. The lowest BCUT2D eigenvalue weighted by Crippen LogP contribution is -2.46. The molecule has 0 saturated carbocycles. The SMILES string of the molecule is C=C/C=C(\C=C/C)COC(=C)N(C)C(CC)(CC)CC(=O)CC. The van der Waals surface area contributed by atoms with Crippen molar-refractivity contribution in [3.63, 3.8) is 0 Å². The van der Waals surface area contributed by atoms with Crippen molar-refractivity contribution in [2.75, 3.05) is 13.7 Å². The van der Waals surface area contributed by atoms with Gasteiger partial charge in [-0.05, 0) is 31.9 Å². The molecule has 0 aliphatic rings. The minimum absolute atomic E-state index is 0.229. The van der Waals surface area contributed by atoms with Crippen molar-refractivity contribution < 1.29 is 9.53 Å². The summed E-state index contributed by atoms with van der Waals surface area (Å²) < 4.78 is 5.85. The second kappa shape index (κ2) is 10.9. The highest BCUT2D eigenvalue weighted by molar-refractivity contribution is 5.79. The molecule has 0 N–H and O–H groups in total. The number of Topliss-reactive ketones (excluding diaryl/α,β-unsaturated/α-hetero) is 1. The van der Waals surface area contributed by atoms with Crippen LogP contribution >= 0.6 is 0 Å². The molecule has 0 rings (SSSR count). The molecule has 0 heterocycles. The molecule has 0 radical (unpaired) electrons. The number of allylic oxidation sites excluding steroid dienone is 3. The molecule has 23 heavy (non-hydrogen) atoms. The molecule has 0 unspecified atom stereocenters. The zero-order valence-corrected chi connectivity index (χ0v) is 15.5. The van der Waals surface area contributed by atoms with Gasteiger partial charge in [-0.25, -0.2) is 0 Å². The van der Waals surface area contributed by atoms with Gasteiger partial charge >= 0.3 is 0 Å². The molecule has 0 amide bonds. The standard InChI is InChI=1S/C20H33NO2/c1-8-13-18(14-9-2)16-23-17(6)21(7)20(11-4,12-5)15-19(22)10-3/h8-9,13-14H,1,6,10-12,15-16H2,2-5,7H3/b14-9-,18-13+. The molecule has 0 saturated heterocycles. The van der Waals surface area contributed by atoms with Crippen LogP contribution in [0.5, 0.6) is 0 Å². The zero-order valence-electron chi connectivity index (χ0n) is 15.5. The third-order valence-corrected chi connectivity index (χ3v) is 4.44. The number of ketones is 1. The summed E-state index contributed by atoms with van der Waals surface area (Å²) in [5, 5.41) is 0. The highest BCUT2D eigenvalue weighted by atomic mass is 16.5. The predicted molar refractivity (Wildman–Crippen MR) is 99.2 cm³/mol. The first-order valence-corrected chi connectivity index (χ1v) is 8.42. The Hall–Kier alpha value is -1.77. The average molecular weight is 319 g/mol. The molecule has 0 aliphatic carbocycles. The summed E-state index contributed by atoms with van der Waals surface area (Å²) in [4.78, 5) is 14.0. The van der Waals surface area contributed by atoms with E-state index in [4.69, 9.17) is 4.74 Å². The lowest BCUT2D eigenvalue weighted by Gasteiger charge is -2.42. The Morgan fingerprint density at radius 3 is 2.30 bits per heavy atom. The summed E-state index contributed by atoms with van der Waals surface area (Å²) in [7, 11) is 1.96. The van der Waals surface area contributed by atoms with Crippen LogP contribution in [0, 0.1) is 0 Å². The summed E-state index contributed by atoms with van der Waals surface area (Å²) in [5.74, 6) is 0.867. The number of rotatable bonds is 12. The van der Waals surface area contributed by atoms with Crippen LogP contribution in [0.4, 0.5) is 0 Å². The molecule has 0 bridgehead atoms. The topological polar surface area (TPSA) is 29.5 Å². The smallest absolute Gasteiger partial charge is 0.182 e. The molecule has 3 nitrogen and oxygen atoms in total. The first kappa shape index (κ1) is 21.2. The van der Waals surface area contributed by atoms with Gasteiger partial charge < -0.3 is 9.64 Å². The van der Waals surface area contributed by atoms with Crippen LogP contribution in [0.3, 0.4) is 0 Å². The van der Waals surface area contributed by atoms with Crippen LogP contribution in [0.15, 0.2) is 48.9 Å². The van der Waals surface area contributed by atoms with E-state index in [1.54, 1.807) is 6.08 Å². The quantitative estimate of drug-likeness (QED) is 0.373. The third kappa shape index (κ3) is 6.47. The molecule has 0 atom stereocenters. The van der Waals surface area contributed by atoms with E-state index in [-0.39, 0.29) is 11.3 Å². The number of hydrogen-bond acceptors (Lipinski definition) is 3. The molecular weight excluding hydrogens is 286 g/mol. The van der Waals surface area contributed by atoms with Gasteiger partial charge in [-0.2, -0.15) is 0 Å². The fraction of sp³-hybridized carbons (Fsp3) is 0.550. The van der Waals surface area contributed by atoms with Gasteiger partial charge in [-0.3, -0.25) is 4.79 Å². The number of hydrogen-bond donors (Lipinski definition) is 0. The van der Waals surface area contributed by atoms with E-state index in [9.17, 15) is 4.79 Å². The van der Waals surface area contributed by atoms with Gasteiger partial charge in [0.15, 0.2) is 5.88 Å². The lowest BCUT2D eigenvalue weighted by molar-refractivity contribution is -0.122. The summed E-state index contributed by atoms with van der Waals surface area (Å²) in [5.41, 5.74) is 0.799. The molecule has 0 aromatic carbocycles. The highest BCUT2D eigenvalue weighted by Gasteiger charge is 2.34. The monoisotopic (exact) mass is 319 g/mol. The first-order valence-electron chi connectivity index (χ1n) is 8.42. The maximum absolute atomic E-state index is 12.0. The molecule has 0 aromatic heterocycles. The van der Waals surface area contributed by atoms with E-state index in [0.717, 1.165) is 18.4 Å². The van der Waals surface area contributed by atoms with Crippen LogP contribution in [-0.4, -0.2) is 29.9 Å². The Bertz CT molecular complexity index is 456. The van der Waals surface area contributed by atoms with Crippen molar-refractivity contribution in [1.82, 2.24) is 4.90 Å². The number of carbonyl (C=O) groups is 1. The Morgan fingerprint density at radius 2 is 1.87 bits per heavy atom. The third-order valence-electron chi connectivity index (χ3n) is 4.44. The largest absolute Gasteiger partial charge is 0.475 e. The maximum Gasteiger partial charge on any atom is 0.182 e. The second-order valence-corrected chi connectivity index (χ2v) is 5.72. The average Bonchev–Trinajstić information content (AvgIpc) is 2.56. The van der Waals surface area contributed by atoms with Crippen molar-refractivity contribution in [3.8, 4) is 0 Å². The van der Waals surface area contributed by atoms with Gasteiger partial charge in [-0.1, -0.05) is 51.7 Å². The van der Waals surface area contributed by atoms with E-state index in [1.807, 2.05) is 44.0 Å². The number of nitrogens with zero attached hydrogens (tertiary/aromatic N) is 1. The molecule has 0 aliphatic heterocycles. The van der Waals surface area contributed by atoms with E-state index >= 15 is 0 Å². The van der Waals surface area contributed by atoms with Crippen LogP contribution in [0.1, 0.15) is 53.4 Å². The van der Waals surface area contributed by atoms with Crippen molar-refractivity contribution >= 4 is 5.78 Å². The van der Waals surface area contributed by atoms with Crippen molar-refractivity contribution in [2.24, 2.45) is 0 Å². The summed E-state index contributed by atoms with van der Waals surface area (Å²) in [6, 6.07) is 0. The van der Waals surface area contributed by atoms with Crippen molar-refractivity contribution in [3.05, 3.63) is 48.9 Å². The lowest BCUT2D eigenvalue weighted by atomic mass is 9.85. The highest BCUT2D eigenvalue weighted by Crippen LogP contribution is 2.30. The van der Waals surface area contributed by atoms with Crippen LogP contribution in [0.2, 0.25) is 0 Å². The molecule has 130 valence electrons.